The fourth-order valence-electron chi connectivity index (χ4n) is 2.34. The third kappa shape index (κ3) is 4.13. The van der Waals surface area contributed by atoms with Crippen LogP contribution < -0.4 is 9.64 Å². The highest BCUT2D eigenvalue weighted by molar-refractivity contribution is 5.92. The first-order chi connectivity index (χ1) is 11.6. The Morgan fingerprint density at radius 1 is 0.833 bits per heavy atom. The van der Waals surface area contributed by atoms with E-state index >= 15 is 0 Å². The van der Waals surface area contributed by atoms with E-state index in [9.17, 15) is 9.59 Å². The van der Waals surface area contributed by atoms with E-state index in [-0.39, 0.29) is 0 Å². The van der Waals surface area contributed by atoms with Gasteiger partial charge in [-0.3, -0.25) is 0 Å². The predicted octanol–water partition coefficient (Wildman–Crippen LogP) is 3.54. The second-order valence-electron chi connectivity index (χ2n) is 5.12. The number of benzene rings is 2. The van der Waals surface area contributed by atoms with E-state index in [0.717, 1.165) is 18.8 Å². The van der Waals surface area contributed by atoms with Crippen LogP contribution in [-0.2, 0) is 4.74 Å². The van der Waals surface area contributed by atoms with Gasteiger partial charge in [-0.05, 0) is 62.4 Å². The summed E-state index contributed by atoms with van der Waals surface area (Å²) in [7, 11) is 1.32. The molecular weight excluding hydrogens is 306 g/mol. The fraction of sp³-hybridized carbons (Fsp3) is 0.263. The van der Waals surface area contributed by atoms with Crippen molar-refractivity contribution in [3.05, 3.63) is 59.7 Å². The van der Waals surface area contributed by atoms with Gasteiger partial charge in [-0.1, -0.05) is 0 Å². The van der Waals surface area contributed by atoms with E-state index in [1.807, 2.05) is 12.1 Å². The third-order valence-electron chi connectivity index (χ3n) is 3.72. The standard InChI is InChI=1S/C19H21NO4/c1-4-20(5-2)16-10-6-15(7-11-16)19(22)24-17-12-8-14(9-13-17)18(21)23-3/h6-13H,4-5H2,1-3H3. The number of esters is 2. The minimum Gasteiger partial charge on any atom is -0.465 e. The predicted molar refractivity (Wildman–Crippen MR) is 92.7 cm³/mol. The lowest BCUT2D eigenvalue weighted by Gasteiger charge is -2.20. The molecule has 0 atom stereocenters. The summed E-state index contributed by atoms with van der Waals surface area (Å²) in [5, 5.41) is 0. The number of methoxy groups -OCH3 is 1. The summed E-state index contributed by atoms with van der Waals surface area (Å²) in [6.07, 6.45) is 0. The maximum atomic E-state index is 12.2. The molecule has 126 valence electrons. The van der Waals surface area contributed by atoms with Crippen LogP contribution in [0.25, 0.3) is 0 Å². The van der Waals surface area contributed by atoms with Gasteiger partial charge in [0.1, 0.15) is 5.75 Å². The lowest BCUT2D eigenvalue weighted by molar-refractivity contribution is 0.0600. The first kappa shape index (κ1) is 17.5. The highest BCUT2D eigenvalue weighted by Gasteiger charge is 2.11. The molecule has 0 saturated carbocycles. The van der Waals surface area contributed by atoms with Gasteiger partial charge in [-0.2, -0.15) is 0 Å². The van der Waals surface area contributed by atoms with Crippen LogP contribution in [0.5, 0.6) is 5.75 Å². The van der Waals surface area contributed by atoms with E-state index in [0.29, 0.717) is 16.9 Å². The molecule has 2 aromatic rings. The lowest BCUT2D eigenvalue weighted by Crippen LogP contribution is -2.21. The monoisotopic (exact) mass is 327 g/mol. The molecule has 2 rings (SSSR count). The van der Waals surface area contributed by atoms with Crippen LogP contribution in [0.2, 0.25) is 0 Å². The van der Waals surface area contributed by atoms with Crippen LogP contribution in [0.15, 0.2) is 48.5 Å². The van der Waals surface area contributed by atoms with E-state index in [1.165, 1.54) is 7.11 Å². The van der Waals surface area contributed by atoms with Crippen molar-refractivity contribution in [1.82, 2.24) is 0 Å². The Balaban J connectivity index is 2.05. The normalized spacial score (nSPS) is 10.1. The molecule has 24 heavy (non-hydrogen) atoms. The van der Waals surface area contributed by atoms with Crippen molar-refractivity contribution in [3.8, 4) is 5.75 Å². The Morgan fingerprint density at radius 2 is 1.33 bits per heavy atom. The van der Waals surface area contributed by atoms with Gasteiger partial charge in [0.25, 0.3) is 0 Å². The van der Waals surface area contributed by atoms with Gasteiger partial charge in [0.05, 0.1) is 18.2 Å². The number of hydrogen-bond acceptors (Lipinski definition) is 5. The Labute approximate surface area is 141 Å². The zero-order valence-corrected chi connectivity index (χ0v) is 14.1. The SMILES string of the molecule is CCN(CC)c1ccc(C(=O)Oc2ccc(C(=O)OC)cc2)cc1. The number of rotatable bonds is 6. The number of hydrogen-bond donors (Lipinski definition) is 0. The largest absolute Gasteiger partial charge is 0.465 e. The van der Waals surface area contributed by atoms with Gasteiger partial charge in [-0.25, -0.2) is 9.59 Å². The number of ether oxygens (including phenoxy) is 2. The molecule has 0 aromatic heterocycles. The second-order valence-corrected chi connectivity index (χ2v) is 5.12. The quantitative estimate of drug-likeness (QED) is 0.600. The summed E-state index contributed by atoms with van der Waals surface area (Å²) in [5.74, 6) is -0.493. The van der Waals surface area contributed by atoms with Crippen LogP contribution >= 0.6 is 0 Å². The van der Waals surface area contributed by atoms with E-state index in [4.69, 9.17) is 4.74 Å². The molecule has 0 unspecified atom stereocenters. The molecule has 0 aliphatic carbocycles. The minimum absolute atomic E-state index is 0.375. The van der Waals surface area contributed by atoms with E-state index in [2.05, 4.69) is 23.5 Å². The summed E-state index contributed by atoms with van der Waals surface area (Å²) in [4.78, 5) is 25.7. The highest BCUT2D eigenvalue weighted by atomic mass is 16.5. The van der Waals surface area contributed by atoms with Crippen LogP contribution in [-0.4, -0.2) is 32.1 Å². The molecule has 0 fully saturated rings. The van der Waals surface area contributed by atoms with Gasteiger partial charge < -0.3 is 14.4 Å². The van der Waals surface area contributed by atoms with Crippen molar-refractivity contribution in [1.29, 1.82) is 0 Å². The van der Waals surface area contributed by atoms with Crippen molar-refractivity contribution >= 4 is 17.6 Å². The van der Waals surface area contributed by atoms with E-state index in [1.54, 1.807) is 36.4 Å². The maximum absolute atomic E-state index is 12.2. The molecule has 5 nitrogen and oxygen atoms in total. The molecule has 0 aliphatic heterocycles. The highest BCUT2D eigenvalue weighted by Crippen LogP contribution is 2.18. The molecular formula is C19H21NO4. The van der Waals surface area contributed by atoms with Gasteiger partial charge in [0, 0.05) is 18.8 Å². The average molecular weight is 327 g/mol. The number of carbonyl (C=O) groups excluding carboxylic acids is 2. The van der Waals surface area contributed by atoms with Crippen molar-refractivity contribution in [2.45, 2.75) is 13.8 Å². The molecule has 0 N–H and O–H groups in total. The molecule has 0 saturated heterocycles. The van der Waals surface area contributed by atoms with Crippen LogP contribution in [0, 0.1) is 0 Å². The first-order valence-corrected chi connectivity index (χ1v) is 7.84. The summed E-state index contributed by atoms with van der Waals surface area (Å²) in [6.45, 7) is 5.99. The van der Waals surface area contributed by atoms with Gasteiger partial charge >= 0.3 is 11.9 Å². The molecule has 0 spiro atoms. The molecule has 0 bridgehead atoms. The van der Waals surface area contributed by atoms with Gasteiger partial charge in [0.2, 0.25) is 0 Å². The Kier molecular flexibility index (Phi) is 5.95. The molecule has 0 amide bonds. The van der Waals surface area contributed by atoms with Crippen LogP contribution in [0.4, 0.5) is 5.69 Å². The smallest absolute Gasteiger partial charge is 0.343 e. The Hall–Kier alpha value is -2.82. The van der Waals surface area contributed by atoms with Crippen molar-refractivity contribution in [2.75, 3.05) is 25.1 Å². The Bertz CT molecular complexity index is 688. The molecule has 0 radical (unpaired) electrons. The molecule has 0 aliphatic rings. The topological polar surface area (TPSA) is 55.8 Å². The summed E-state index contributed by atoms with van der Waals surface area (Å²) >= 11 is 0. The molecule has 5 heteroatoms. The van der Waals surface area contributed by atoms with Crippen LogP contribution in [0.3, 0.4) is 0 Å². The first-order valence-electron chi connectivity index (χ1n) is 7.84. The fourth-order valence-corrected chi connectivity index (χ4v) is 2.34. The van der Waals surface area contributed by atoms with Gasteiger partial charge in [0.15, 0.2) is 0 Å². The number of nitrogens with zero attached hydrogens (tertiary/aromatic N) is 1. The summed E-state index contributed by atoms with van der Waals surface area (Å²) in [5.41, 5.74) is 1.95. The summed E-state index contributed by atoms with van der Waals surface area (Å²) in [6, 6.07) is 13.5. The minimum atomic E-state index is -0.438. The zero-order chi connectivity index (χ0) is 17.5. The zero-order valence-electron chi connectivity index (χ0n) is 14.1. The van der Waals surface area contributed by atoms with E-state index < -0.39 is 11.9 Å². The Morgan fingerprint density at radius 3 is 1.83 bits per heavy atom. The summed E-state index contributed by atoms with van der Waals surface area (Å²) < 4.78 is 9.94. The lowest BCUT2D eigenvalue weighted by atomic mass is 10.2. The maximum Gasteiger partial charge on any atom is 0.343 e. The van der Waals surface area contributed by atoms with Crippen molar-refractivity contribution in [2.24, 2.45) is 0 Å². The van der Waals surface area contributed by atoms with Crippen molar-refractivity contribution in [3.63, 3.8) is 0 Å². The molecule has 0 heterocycles. The van der Waals surface area contributed by atoms with Crippen LogP contribution in [0.1, 0.15) is 34.6 Å². The number of carbonyl (C=O) groups is 2. The van der Waals surface area contributed by atoms with Crippen molar-refractivity contribution < 1.29 is 19.1 Å². The second kappa shape index (κ2) is 8.15. The molecule has 2 aromatic carbocycles. The average Bonchev–Trinajstić information content (AvgIpc) is 2.63. The van der Waals surface area contributed by atoms with Gasteiger partial charge in [-0.15, -0.1) is 0 Å². The third-order valence-corrected chi connectivity index (χ3v) is 3.72. The number of anilines is 1.